The molecule has 0 aliphatic carbocycles. The van der Waals surface area contributed by atoms with E-state index in [1.807, 2.05) is 44.2 Å². The highest BCUT2D eigenvalue weighted by molar-refractivity contribution is 5.90. The Balaban J connectivity index is 0.00000136. The van der Waals surface area contributed by atoms with Crippen molar-refractivity contribution in [2.24, 2.45) is 0 Å². The van der Waals surface area contributed by atoms with Gasteiger partial charge in [-0.2, -0.15) is 0 Å². The summed E-state index contributed by atoms with van der Waals surface area (Å²) in [7, 11) is 0. The molecule has 1 heterocycles. The standard InChI is InChI=1S/C23H27NO2.C2H6/c1-2-13-23(14-11-18-7-4-3-5-8-18)15-12-20(22(25)26-23)16-19-9-6-10-21(24)17-19;1-2/h3-10,12,17H,2,11,13-16,24H2,1H3;1-2H3/t23-;/m1./s1. The SMILES string of the molecule is CC.CCC[C@@]1(CCc2ccccc2)CC=C(Cc2cccc(N)c2)C(=O)O1. The Kier molecular flexibility index (Phi) is 8.31. The van der Waals surface area contributed by atoms with Gasteiger partial charge >= 0.3 is 5.97 Å². The first-order chi connectivity index (χ1) is 13.6. The number of carbonyl (C=O) groups excluding carboxylic acids is 1. The van der Waals surface area contributed by atoms with E-state index in [0.29, 0.717) is 6.42 Å². The largest absolute Gasteiger partial charge is 0.455 e. The van der Waals surface area contributed by atoms with Crippen LogP contribution in [0.25, 0.3) is 0 Å². The number of aryl methyl sites for hydroxylation is 1. The van der Waals surface area contributed by atoms with E-state index in [2.05, 4.69) is 37.3 Å². The van der Waals surface area contributed by atoms with Crippen molar-refractivity contribution in [3.05, 3.63) is 77.4 Å². The minimum atomic E-state index is -0.374. The third-order valence-electron chi connectivity index (χ3n) is 5.06. The highest BCUT2D eigenvalue weighted by atomic mass is 16.6. The van der Waals surface area contributed by atoms with Gasteiger partial charge in [-0.3, -0.25) is 0 Å². The van der Waals surface area contributed by atoms with Gasteiger partial charge in [0.25, 0.3) is 0 Å². The third-order valence-corrected chi connectivity index (χ3v) is 5.06. The molecular formula is C25H33NO2. The molecule has 0 aromatic heterocycles. The molecule has 2 aromatic rings. The lowest BCUT2D eigenvalue weighted by Gasteiger charge is -2.36. The molecule has 0 bridgehead atoms. The lowest BCUT2D eigenvalue weighted by Crippen LogP contribution is -2.39. The van der Waals surface area contributed by atoms with Crippen LogP contribution in [0.2, 0.25) is 0 Å². The lowest BCUT2D eigenvalue weighted by molar-refractivity contribution is -0.158. The van der Waals surface area contributed by atoms with Gasteiger partial charge in [0.05, 0.1) is 0 Å². The fourth-order valence-electron chi connectivity index (χ4n) is 3.67. The monoisotopic (exact) mass is 379 g/mol. The Bertz CT molecular complexity index is 782. The Morgan fingerprint density at radius 1 is 1.00 bits per heavy atom. The number of anilines is 1. The van der Waals surface area contributed by atoms with Crippen LogP contribution in [0.3, 0.4) is 0 Å². The molecule has 1 aliphatic rings. The van der Waals surface area contributed by atoms with Crippen molar-refractivity contribution in [3.63, 3.8) is 0 Å². The molecule has 3 heteroatoms. The van der Waals surface area contributed by atoms with Crippen molar-refractivity contribution in [3.8, 4) is 0 Å². The van der Waals surface area contributed by atoms with Gasteiger partial charge in [0.2, 0.25) is 0 Å². The summed E-state index contributed by atoms with van der Waals surface area (Å²) in [6.07, 6.45) is 7.12. The topological polar surface area (TPSA) is 52.3 Å². The zero-order valence-corrected chi connectivity index (χ0v) is 17.4. The Morgan fingerprint density at radius 2 is 1.71 bits per heavy atom. The summed E-state index contributed by atoms with van der Waals surface area (Å²) in [4.78, 5) is 12.7. The van der Waals surface area contributed by atoms with E-state index >= 15 is 0 Å². The highest BCUT2D eigenvalue weighted by Crippen LogP contribution is 2.34. The molecule has 2 N–H and O–H groups in total. The van der Waals surface area contributed by atoms with E-state index in [9.17, 15) is 4.79 Å². The van der Waals surface area contributed by atoms with Gasteiger partial charge in [-0.25, -0.2) is 4.79 Å². The van der Waals surface area contributed by atoms with Crippen molar-refractivity contribution in [2.75, 3.05) is 5.73 Å². The molecule has 0 unspecified atom stereocenters. The summed E-state index contributed by atoms with van der Waals surface area (Å²) in [5.74, 6) is -0.180. The number of hydrogen-bond acceptors (Lipinski definition) is 3. The minimum Gasteiger partial charge on any atom is -0.455 e. The molecule has 0 saturated carbocycles. The predicted molar refractivity (Wildman–Crippen MR) is 117 cm³/mol. The summed E-state index contributed by atoms with van der Waals surface area (Å²) in [5, 5.41) is 0. The molecule has 1 aliphatic heterocycles. The van der Waals surface area contributed by atoms with E-state index < -0.39 is 0 Å². The van der Waals surface area contributed by atoms with Gasteiger partial charge < -0.3 is 10.5 Å². The first kappa shape index (κ1) is 21.7. The second-order valence-corrected chi connectivity index (χ2v) is 7.16. The number of cyclic esters (lactones) is 1. The van der Waals surface area contributed by atoms with Crippen LogP contribution in [-0.2, 0) is 22.4 Å². The van der Waals surface area contributed by atoms with Crippen LogP contribution in [0.15, 0.2) is 66.2 Å². The van der Waals surface area contributed by atoms with Crippen molar-refractivity contribution in [1.29, 1.82) is 0 Å². The summed E-state index contributed by atoms with van der Waals surface area (Å²) in [5.41, 5.74) is 9.25. The van der Waals surface area contributed by atoms with Gasteiger partial charge in [-0.15, -0.1) is 0 Å². The van der Waals surface area contributed by atoms with E-state index in [0.717, 1.165) is 48.9 Å². The van der Waals surface area contributed by atoms with Gasteiger partial charge in [0, 0.05) is 24.1 Å². The van der Waals surface area contributed by atoms with Crippen LogP contribution >= 0.6 is 0 Å². The smallest absolute Gasteiger partial charge is 0.334 e. The fourth-order valence-corrected chi connectivity index (χ4v) is 3.67. The zero-order valence-electron chi connectivity index (χ0n) is 17.4. The molecule has 0 amide bonds. The molecule has 0 radical (unpaired) electrons. The molecule has 3 rings (SSSR count). The van der Waals surface area contributed by atoms with E-state index in [-0.39, 0.29) is 11.6 Å². The number of carbonyl (C=O) groups is 1. The van der Waals surface area contributed by atoms with Gasteiger partial charge in [-0.1, -0.05) is 75.7 Å². The summed E-state index contributed by atoms with van der Waals surface area (Å²) < 4.78 is 6.01. The third kappa shape index (κ3) is 5.98. The molecule has 28 heavy (non-hydrogen) atoms. The van der Waals surface area contributed by atoms with E-state index in [4.69, 9.17) is 10.5 Å². The van der Waals surface area contributed by atoms with Crippen LogP contribution in [0.1, 0.15) is 57.6 Å². The summed E-state index contributed by atoms with van der Waals surface area (Å²) >= 11 is 0. The first-order valence-electron chi connectivity index (χ1n) is 10.4. The zero-order chi connectivity index (χ0) is 20.4. The number of nitrogen functional groups attached to an aromatic ring is 1. The molecular weight excluding hydrogens is 346 g/mol. The molecule has 0 spiro atoms. The molecule has 0 fully saturated rings. The van der Waals surface area contributed by atoms with Crippen LogP contribution < -0.4 is 5.73 Å². The Labute approximate surface area is 169 Å². The second kappa shape index (κ2) is 10.7. The number of nitrogens with two attached hydrogens (primary N) is 1. The van der Waals surface area contributed by atoms with E-state index in [1.54, 1.807) is 0 Å². The predicted octanol–water partition coefficient (Wildman–Crippen LogP) is 5.88. The number of ether oxygens (including phenoxy) is 1. The number of hydrogen-bond donors (Lipinski definition) is 1. The van der Waals surface area contributed by atoms with Crippen molar-refractivity contribution < 1.29 is 9.53 Å². The number of rotatable bonds is 7. The molecule has 3 nitrogen and oxygen atoms in total. The molecule has 1 atom stereocenters. The quantitative estimate of drug-likeness (QED) is 0.482. The number of benzene rings is 2. The average Bonchev–Trinajstić information content (AvgIpc) is 2.71. The van der Waals surface area contributed by atoms with Crippen LogP contribution in [-0.4, -0.2) is 11.6 Å². The lowest BCUT2D eigenvalue weighted by atomic mass is 9.84. The van der Waals surface area contributed by atoms with Crippen LogP contribution in [0, 0.1) is 0 Å². The Hall–Kier alpha value is -2.55. The van der Waals surface area contributed by atoms with Crippen molar-refractivity contribution in [2.45, 2.75) is 64.9 Å². The van der Waals surface area contributed by atoms with Crippen LogP contribution in [0.5, 0.6) is 0 Å². The normalized spacial score (nSPS) is 18.5. The van der Waals surface area contributed by atoms with Gasteiger partial charge in [0.1, 0.15) is 5.60 Å². The maximum atomic E-state index is 12.7. The maximum absolute atomic E-state index is 12.7. The maximum Gasteiger partial charge on any atom is 0.334 e. The first-order valence-corrected chi connectivity index (χ1v) is 10.4. The fraction of sp³-hybridized carbons (Fsp3) is 0.400. The highest BCUT2D eigenvalue weighted by Gasteiger charge is 2.36. The molecule has 2 aromatic carbocycles. The Morgan fingerprint density at radius 3 is 2.36 bits per heavy atom. The summed E-state index contributed by atoms with van der Waals surface area (Å²) in [6.45, 7) is 6.14. The number of esters is 1. The van der Waals surface area contributed by atoms with Crippen molar-refractivity contribution >= 4 is 11.7 Å². The molecule has 150 valence electrons. The average molecular weight is 380 g/mol. The summed E-state index contributed by atoms with van der Waals surface area (Å²) in [6, 6.07) is 18.1. The van der Waals surface area contributed by atoms with Gasteiger partial charge in [0.15, 0.2) is 0 Å². The minimum absolute atomic E-state index is 0.180. The van der Waals surface area contributed by atoms with E-state index in [1.165, 1.54) is 5.56 Å². The van der Waals surface area contributed by atoms with Crippen LogP contribution in [0.4, 0.5) is 5.69 Å². The van der Waals surface area contributed by atoms with Crippen molar-refractivity contribution in [1.82, 2.24) is 0 Å². The molecule has 0 saturated heterocycles. The second-order valence-electron chi connectivity index (χ2n) is 7.16. The van der Waals surface area contributed by atoms with Gasteiger partial charge in [-0.05, 0) is 42.5 Å².